The fourth-order valence-corrected chi connectivity index (χ4v) is 3.12. The van der Waals surface area contributed by atoms with Gasteiger partial charge in [-0.05, 0) is 31.6 Å². The smallest absolute Gasteiger partial charge is 0.137 e. The van der Waals surface area contributed by atoms with Crippen molar-refractivity contribution in [2.24, 2.45) is 11.8 Å². The Labute approximate surface area is 136 Å². The quantitative estimate of drug-likeness (QED) is 0.705. The second-order valence-corrected chi connectivity index (χ2v) is 7.44. The van der Waals surface area contributed by atoms with Crippen LogP contribution in [0.25, 0.3) is 0 Å². The zero-order valence-electron chi connectivity index (χ0n) is 14.9. The van der Waals surface area contributed by atoms with Crippen molar-refractivity contribution >= 4 is 5.78 Å². The third-order valence-corrected chi connectivity index (χ3v) is 4.61. The molecule has 0 spiro atoms. The third kappa shape index (κ3) is 7.70. The first kappa shape index (κ1) is 19.6. The van der Waals surface area contributed by atoms with Crippen LogP contribution in [0.4, 0.5) is 0 Å². The van der Waals surface area contributed by atoms with Crippen molar-refractivity contribution in [2.45, 2.75) is 84.4 Å². The van der Waals surface area contributed by atoms with E-state index in [1.54, 1.807) is 0 Å². The predicted molar refractivity (Wildman–Crippen MR) is 92.0 cm³/mol. The fourth-order valence-electron chi connectivity index (χ4n) is 3.12. The first-order valence-corrected chi connectivity index (χ1v) is 9.07. The van der Waals surface area contributed by atoms with Gasteiger partial charge in [-0.15, -0.1) is 0 Å². The highest BCUT2D eigenvalue weighted by atomic mass is 16.3. The van der Waals surface area contributed by atoms with E-state index < -0.39 is 0 Å². The van der Waals surface area contributed by atoms with Gasteiger partial charge in [0, 0.05) is 37.5 Å². The molecule has 0 radical (unpaired) electrons. The Morgan fingerprint density at radius 1 is 1.00 bits per heavy atom. The lowest BCUT2D eigenvalue weighted by atomic mass is 10.1. The second kappa shape index (κ2) is 10.3. The summed E-state index contributed by atoms with van der Waals surface area (Å²) in [5, 5.41) is 16.1. The number of hydrogen-bond acceptors (Lipinski definition) is 4. The summed E-state index contributed by atoms with van der Waals surface area (Å²) in [6.45, 7) is 10.4. The number of ketones is 1. The van der Waals surface area contributed by atoms with Crippen molar-refractivity contribution in [1.29, 1.82) is 0 Å². The topological polar surface area (TPSA) is 61.4 Å². The number of rotatable bonds is 6. The molecule has 3 N–H and O–H groups in total. The van der Waals surface area contributed by atoms with Crippen molar-refractivity contribution < 1.29 is 9.90 Å². The van der Waals surface area contributed by atoms with Gasteiger partial charge in [0.25, 0.3) is 0 Å². The SMILES string of the molecule is CC(C)NCC1CCCC1=O.CC(C)NCC1CCCC1O. The number of carbonyl (C=O) groups is 1. The number of nitrogens with one attached hydrogen (secondary N) is 2. The Hall–Kier alpha value is -0.450. The summed E-state index contributed by atoms with van der Waals surface area (Å²) in [6.07, 6.45) is 6.37. The Bertz CT molecular complexity index is 318. The molecule has 0 saturated heterocycles. The van der Waals surface area contributed by atoms with Crippen molar-refractivity contribution in [3.63, 3.8) is 0 Å². The van der Waals surface area contributed by atoms with Crippen LogP contribution in [0.3, 0.4) is 0 Å². The fraction of sp³-hybridized carbons (Fsp3) is 0.944. The standard InChI is InChI=1S/C9H19NO.C9H17NO/c2*1-7(2)10-6-8-4-3-5-9(8)11/h7-11H,3-6H2,1-2H3;7-8,10H,3-6H2,1-2H3. The molecule has 22 heavy (non-hydrogen) atoms. The molecule has 0 heterocycles. The summed E-state index contributed by atoms with van der Waals surface area (Å²) in [4.78, 5) is 11.1. The third-order valence-electron chi connectivity index (χ3n) is 4.61. The van der Waals surface area contributed by atoms with E-state index in [0.29, 0.717) is 29.7 Å². The van der Waals surface area contributed by atoms with Crippen LogP contribution in [-0.2, 0) is 4.79 Å². The van der Waals surface area contributed by atoms with Crippen LogP contribution in [0.5, 0.6) is 0 Å². The number of hydrogen-bond donors (Lipinski definition) is 3. The lowest BCUT2D eigenvalue weighted by Gasteiger charge is -2.16. The maximum atomic E-state index is 11.1. The van der Waals surface area contributed by atoms with Crippen LogP contribution in [0, 0.1) is 11.8 Å². The number of carbonyl (C=O) groups excluding carboxylic acids is 1. The molecular weight excluding hydrogens is 276 g/mol. The van der Waals surface area contributed by atoms with E-state index in [2.05, 4.69) is 38.3 Å². The van der Waals surface area contributed by atoms with Gasteiger partial charge in [-0.2, -0.15) is 0 Å². The van der Waals surface area contributed by atoms with Crippen LogP contribution in [-0.4, -0.2) is 42.2 Å². The molecular formula is C18H36N2O2. The van der Waals surface area contributed by atoms with E-state index in [1.165, 1.54) is 12.8 Å². The van der Waals surface area contributed by atoms with Gasteiger partial charge in [-0.25, -0.2) is 0 Å². The van der Waals surface area contributed by atoms with Gasteiger partial charge in [0.2, 0.25) is 0 Å². The molecule has 0 bridgehead atoms. The average molecular weight is 312 g/mol. The highest BCUT2D eigenvalue weighted by molar-refractivity contribution is 5.83. The van der Waals surface area contributed by atoms with E-state index in [9.17, 15) is 9.90 Å². The molecule has 2 rings (SSSR count). The van der Waals surface area contributed by atoms with E-state index >= 15 is 0 Å². The Balaban J connectivity index is 0.000000220. The molecule has 2 fully saturated rings. The molecule has 3 atom stereocenters. The zero-order chi connectivity index (χ0) is 16.5. The Morgan fingerprint density at radius 3 is 2.09 bits per heavy atom. The summed E-state index contributed by atoms with van der Waals surface area (Å²) in [6, 6.07) is 1.05. The van der Waals surface area contributed by atoms with Gasteiger partial charge in [-0.3, -0.25) is 4.79 Å². The summed E-state index contributed by atoms with van der Waals surface area (Å²) in [5.41, 5.74) is 0. The molecule has 0 aromatic rings. The molecule has 2 saturated carbocycles. The van der Waals surface area contributed by atoms with Gasteiger partial charge in [-0.1, -0.05) is 34.1 Å². The van der Waals surface area contributed by atoms with E-state index in [-0.39, 0.29) is 6.10 Å². The van der Waals surface area contributed by atoms with E-state index in [1.807, 2.05) is 0 Å². The van der Waals surface area contributed by atoms with Crippen molar-refractivity contribution in [1.82, 2.24) is 10.6 Å². The van der Waals surface area contributed by atoms with Crippen LogP contribution in [0.2, 0.25) is 0 Å². The first-order valence-electron chi connectivity index (χ1n) is 9.07. The maximum absolute atomic E-state index is 11.1. The maximum Gasteiger partial charge on any atom is 0.137 e. The summed E-state index contributed by atoms with van der Waals surface area (Å²) in [7, 11) is 0. The minimum absolute atomic E-state index is 0.0405. The highest BCUT2D eigenvalue weighted by Crippen LogP contribution is 2.24. The normalized spacial score (nSPS) is 28.3. The summed E-state index contributed by atoms with van der Waals surface area (Å²) >= 11 is 0. The largest absolute Gasteiger partial charge is 0.393 e. The number of Topliss-reactive ketones (excluding diaryl/α,β-unsaturated/α-hetero) is 1. The lowest BCUT2D eigenvalue weighted by molar-refractivity contribution is -0.120. The van der Waals surface area contributed by atoms with E-state index in [0.717, 1.165) is 38.8 Å². The number of aliphatic hydroxyl groups is 1. The second-order valence-electron chi connectivity index (χ2n) is 7.44. The molecule has 0 aromatic heterocycles. The first-order chi connectivity index (χ1) is 10.4. The minimum atomic E-state index is -0.0405. The minimum Gasteiger partial charge on any atom is -0.393 e. The monoisotopic (exact) mass is 312 g/mol. The van der Waals surface area contributed by atoms with Crippen molar-refractivity contribution in [3.05, 3.63) is 0 Å². The van der Waals surface area contributed by atoms with Crippen LogP contribution < -0.4 is 10.6 Å². The Morgan fingerprint density at radius 2 is 1.64 bits per heavy atom. The average Bonchev–Trinajstić information content (AvgIpc) is 3.03. The van der Waals surface area contributed by atoms with Crippen LogP contribution in [0.15, 0.2) is 0 Å². The molecule has 2 aliphatic carbocycles. The summed E-state index contributed by atoms with van der Waals surface area (Å²) < 4.78 is 0. The van der Waals surface area contributed by atoms with Crippen LogP contribution >= 0.6 is 0 Å². The molecule has 2 aliphatic rings. The molecule has 0 aromatic carbocycles. The molecule has 3 unspecified atom stereocenters. The van der Waals surface area contributed by atoms with Crippen molar-refractivity contribution in [3.8, 4) is 0 Å². The lowest BCUT2D eigenvalue weighted by Crippen LogP contribution is -2.32. The number of aliphatic hydroxyl groups excluding tert-OH is 1. The molecule has 4 heteroatoms. The van der Waals surface area contributed by atoms with E-state index in [4.69, 9.17) is 0 Å². The van der Waals surface area contributed by atoms with Crippen molar-refractivity contribution in [2.75, 3.05) is 13.1 Å². The molecule has 4 nitrogen and oxygen atoms in total. The Kier molecular flexibility index (Phi) is 9.22. The van der Waals surface area contributed by atoms with Gasteiger partial charge in [0.15, 0.2) is 0 Å². The predicted octanol–water partition coefficient (Wildman–Crippen LogP) is 2.50. The molecule has 0 aliphatic heterocycles. The van der Waals surface area contributed by atoms with Gasteiger partial charge in [0.1, 0.15) is 5.78 Å². The molecule has 130 valence electrons. The molecule has 0 amide bonds. The highest BCUT2D eigenvalue weighted by Gasteiger charge is 2.24. The van der Waals surface area contributed by atoms with Crippen LogP contribution in [0.1, 0.15) is 66.2 Å². The van der Waals surface area contributed by atoms with Gasteiger partial charge < -0.3 is 15.7 Å². The summed E-state index contributed by atoms with van der Waals surface area (Å²) in [5.74, 6) is 1.29. The van der Waals surface area contributed by atoms with Gasteiger partial charge in [0.05, 0.1) is 6.10 Å². The van der Waals surface area contributed by atoms with Gasteiger partial charge >= 0.3 is 0 Å². The zero-order valence-corrected chi connectivity index (χ0v) is 14.9.